The van der Waals surface area contributed by atoms with Crippen LogP contribution in [-0.2, 0) is 6.37 Å². The van der Waals surface area contributed by atoms with Crippen molar-refractivity contribution < 1.29 is 23.8 Å². The van der Waals surface area contributed by atoms with Gasteiger partial charge in [-0.25, -0.2) is 0 Å². The van der Waals surface area contributed by atoms with E-state index in [0.717, 1.165) is 0 Å². The summed E-state index contributed by atoms with van der Waals surface area (Å²) in [6, 6.07) is 0.630. The van der Waals surface area contributed by atoms with E-state index in [1.807, 2.05) is 0 Å². The molecule has 0 spiro atoms. The molecular weight excluding hydrogens is 165 g/mol. The fourth-order valence-electron chi connectivity index (χ4n) is 0.804. The van der Waals surface area contributed by atoms with E-state index in [2.05, 4.69) is 4.98 Å². The Balaban J connectivity index is 3.57. The van der Waals surface area contributed by atoms with Crippen LogP contribution in [0.2, 0.25) is 0 Å². The number of pyridine rings is 1. The number of rotatable bonds is 3. The van der Waals surface area contributed by atoms with Crippen LogP contribution in [-0.4, -0.2) is 22.2 Å². The number of aromatic nitrogens is 1. The molecule has 70 valence electrons. The first-order chi connectivity index (χ1) is 10.0. The minimum atomic E-state index is -3.35. The second kappa shape index (κ2) is 4.39. The van der Waals surface area contributed by atoms with Crippen molar-refractivity contribution in [3.8, 4) is 0 Å². The van der Waals surface area contributed by atoms with Crippen molar-refractivity contribution in [3.05, 3.63) is 23.5 Å². The molecular formula is C9H14BNO2. The molecule has 0 aliphatic rings. The predicted octanol–water partition coefficient (Wildman–Crippen LogP) is 0.0223. The largest absolute Gasteiger partial charge is 0.490 e. The van der Waals surface area contributed by atoms with Crippen LogP contribution in [0, 0.1) is 6.85 Å². The van der Waals surface area contributed by atoms with Crippen molar-refractivity contribution in [3.63, 3.8) is 0 Å². The lowest BCUT2D eigenvalue weighted by atomic mass is 9.78. The maximum absolute atomic E-state index is 9.16. The Labute approximate surface area is 92.6 Å². The first-order valence-electron chi connectivity index (χ1n) is 8.40. The van der Waals surface area contributed by atoms with Crippen molar-refractivity contribution in [2.75, 3.05) is 0 Å². The minimum absolute atomic E-state index is 0.501. The smallest absolute Gasteiger partial charge is 0.423 e. The summed E-state index contributed by atoms with van der Waals surface area (Å²) in [5, 5.41) is 18.3. The van der Waals surface area contributed by atoms with Crippen molar-refractivity contribution in [1.29, 1.82) is 0 Å². The van der Waals surface area contributed by atoms with Crippen LogP contribution in [0.5, 0.6) is 0 Å². The molecule has 1 heterocycles. The highest BCUT2D eigenvalue weighted by atomic mass is 16.4. The molecule has 0 saturated heterocycles. The van der Waals surface area contributed by atoms with Crippen LogP contribution >= 0.6 is 0 Å². The van der Waals surface area contributed by atoms with E-state index in [1.165, 1.54) is 0 Å². The number of hydrogen-bond acceptors (Lipinski definition) is 3. The van der Waals surface area contributed by atoms with Gasteiger partial charge in [0.1, 0.15) is 0 Å². The zero-order valence-corrected chi connectivity index (χ0v) is 6.57. The van der Waals surface area contributed by atoms with Crippen molar-refractivity contribution in [2.24, 2.45) is 0 Å². The van der Waals surface area contributed by atoms with Crippen LogP contribution in [0.4, 0.5) is 0 Å². The molecule has 0 bridgehead atoms. The van der Waals surface area contributed by atoms with E-state index in [4.69, 9.17) is 23.8 Å². The molecule has 0 atom stereocenters. The third-order valence-corrected chi connectivity index (χ3v) is 1.40. The standard InChI is InChI=1S/C9H14BNO2/c1-3-4-8-5-7(2)9(6-11-8)10(12)13/h5-6,12-13H,3-4H2,1-2H3/i1D3,2D3,3D2,4D2. The summed E-state index contributed by atoms with van der Waals surface area (Å²) in [4.78, 5) is 3.49. The molecule has 1 aromatic rings. The van der Waals surface area contributed by atoms with Crippen LogP contribution < -0.4 is 5.46 Å². The maximum atomic E-state index is 9.16. The van der Waals surface area contributed by atoms with Gasteiger partial charge in [-0.1, -0.05) is 13.2 Å². The molecule has 0 fully saturated rings. The molecule has 0 radical (unpaired) electrons. The number of hydrogen-bond donors (Lipinski definition) is 2. The average Bonchev–Trinajstić information content (AvgIpc) is 2.35. The second-order valence-corrected chi connectivity index (χ2v) is 2.28. The van der Waals surface area contributed by atoms with Gasteiger partial charge >= 0.3 is 7.12 Å². The molecule has 0 aliphatic carbocycles. The Bertz CT molecular complexity index is 583. The maximum Gasteiger partial charge on any atom is 0.490 e. The molecule has 4 heteroatoms. The lowest BCUT2D eigenvalue weighted by Crippen LogP contribution is -2.32. The van der Waals surface area contributed by atoms with Crippen molar-refractivity contribution >= 4 is 12.6 Å². The Morgan fingerprint density at radius 3 is 3.15 bits per heavy atom. The highest BCUT2D eigenvalue weighted by molar-refractivity contribution is 6.59. The number of aryl methyl sites for hydroxylation is 2. The topological polar surface area (TPSA) is 53.4 Å². The molecule has 1 aromatic heterocycles. The monoisotopic (exact) mass is 189 g/mol. The summed E-state index contributed by atoms with van der Waals surface area (Å²) in [5.41, 5.74) is -1.92. The fraction of sp³-hybridized carbons (Fsp3) is 0.444. The SMILES string of the molecule is [2H]C([2H])([2H])c1cc(C([2H])([2H])C([2H])([2H])C([2H])([2H])[2H])ncc1B(O)O. The molecule has 0 aliphatic heterocycles. The van der Waals surface area contributed by atoms with Crippen LogP contribution in [0.15, 0.2) is 12.3 Å². The van der Waals surface area contributed by atoms with Gasteiger partial charge in [-0.3, -0.25) is 4.98 Å². The Morgan fingerprint density at radius 1 is 1.69 bits per heavy atom. The molecule has 0 unspecified atom stereocenters. The normalized spacial score (nSPS) is 25.7. The first kappa shape index (κ1) is 3.07. The predicted molar refractivity (Wildman–Crippen MR) is 52.8 cm³/mol. The summed E-state index contributed by atoms with van der Waals surface area (Å²) in [7, 11) is -2.18. The van der Waals surface area contributed by atoms with Gasteiger partial charge in [-0.05, 0) is 24.9 Å². The molecule has 0 amide bonds. The van der Waals surface area contributed by atoms with Gasteiger partial charge in [0.2, 0.25) is 0 Å². The highest BCUT2D eigenvalue weighted by Crippen LogP contribution is 2.01. The molecule has 1 rings (SSSR count). The zero-order chi connectivity index (χ0) is 18.4. The van der Waals surface area contributed by atoms with Crippen LogP contribution in [0.25, 0.3) is 0 Å². The Kier molecular flexibility index (Phi) is 1.04. The second-order valence-electron chi connectivity index (χ2n) is 2.28. The summed E-state index contributed by atoms with van der Waals surface area (Å²) in [6.45, 7) is -6.19. The third-order valence-electron chi connectivity index (χ3n) is 1.40. The van der Waals surface area contributed by atoms with Gasteiger partial charge in [-0.2, -0.15) is 0 Å². The molecule has 0 aromatic carbocycles. The van der Waals surface area contributed by atoms with Crippen LogP contribution in [0.3, 0.4) is 0 Å². The lowest BCUT2D eigenvalue weighted by Gasteiger charge is -2.05. The van der Waals surface area contributed by atoms with E-state index in [-0.39, 0.29) is 0 Å². The summed E-state index contributed by atoms with van der Waals surface area (Å²) >= 11 is 0. The van der Waals surface area contributed by atoms with Gasteiger partial charge in [-0.15, -0.1) is 0 Å². The van der Waals surface area contributed by atoms with E-state index in [9.17, 15) is 0 Å². The third kappa shape index (κ3) is 2.54. The number of nitrogens with zero attached hydrogens (tertiary/aromatic N) is 1. The van der Waals surface area contributed by atoms with Gasteiger partial charge in [0, 0.05) is 31.1 Å². The first-order valence-corrected chi connectivity index (χ1v) is 3.40. The van der Waals surface area contributed by atoms with Gasteiger partial charge in [0.25, 0.3) is 0 Å². The minimum Gasteiger partial charge on any atom is -0.423 e. The summed E-state index contributed by atoms with van der Waals surface area (Å²) < 4.78 is 74.0. The van der Waals surface area contributed by atoms with E-state index in [1.54, 1.807) is 0 Å². The quantitative estimate of drug-likeness (QED) is 0.659. The summed E-state index contributed by atoms with van der Waals surface area (Å²) in [6.07, 6.45) is -5.81. The van der Waals surface area contributed by atoms with E-state index < -0.39 is 50.3 Å². The van der Waals surface area contributed by atoms with Crippen LogP contribution in [0.1, 0.15) is 38.2 Å². The molecule has 2 N–H and O–H groups in total. The molecule has 0 saturated carbocycles. The van der Waals surface area contributed by atoms with E-state index >= 15 is 0 Å². The molecule has 13 heavy (non-hydrogen) atoms. The lowest BCUT2D eigenvalue weighted by molar-refractivity contribution is 0.425. The van der Waals surface area contributed by atoms with Gasteiger partial charge in [0.15, 0.2) is 0 Å². The molecule has 3 nitrogen and oxygen atoms in total. The highest BCUT2D eigenvalue weighted by Gasteiger charge is 2.14. The Hall–Kier alpha value is -0.865. The van der Waals surface area contributed by atoms with Gasteiger partial charge in [0.05, 0.1) is 0 Å². The summed E-state index contributed by atoms with van der Waals surface area (Å²) in [5.74, 6) is 0. The zero-order valence-electron chi connectivity index (χ0n) is 16.6. The van der Waals surface area contributed by atoms with Crippen molar-refractivity contribution in [2.45, 2.75) is 26.4 Å². The van der Waals surface area contributed by atoms with Crippen molar-refractivity contribution in [1.82, 2.24) is 4.98 Å². The van der Waals surface area contributed by atoms with Gasteiger partial charge < -0.3 is 10.0 Å². The fourth-order valence-corrected chi connectivity index (χ4v) is 0.804. The average molecular weight is 189 g/mol. The van der Waals surface area contributed by atoms with E-state index in [0.29, 0.717) is 12.3 Å². The Morgan fingerprint density at radius 2 is 2.54 bits per heavy atom.